The van der Waals surface area contributed by atoms with Crippen LogP contribution >= 0.6 is 23.2 Å². The number of benzene rings is 2. The molecule has 9 nitrogen and oxygen atoms in total. The number of halogens is 2. The van der Waals surface area contributed by atoms with E-state index in [1.165, 1.54) is 6.07 Å². The average Bonchev–Trinajstić information content (AvgIpc) is 2.68. The summed E-state index contributed by atoms with van der Waals surface area (Å²) in [6.45, 7) is 0.636. The number of hydrogen-bond donors (Lipinski definition) is 2. The molecule has 0 aromatic heterocycles. The Labute approximate surface area is 175 Å². The van der Waals surface area contributed by atoms with Gasteiger partial charge >= 0.3 is 5.97 Å². The Morgan fingerprint density at radius 3 is 2.55 bits per heavy atom. The topological polar surface area (TPSA) is 128 Å². The van der Waals surface area contributed by atoms with Gasteiger partial charge in [-0.1, -0.05) is 29.3 Å². The van der Waals surface area contributed by atoms with Crippen LogP contribution in [0.2, 0.25) is 10.0 Å². The first-order valence-corrected chi connectivity index (χ1v) is 8.87. The second-order valence-corrected chi connectivity index (χ2v) is 6.58. The van der Waals surface area contributed by atoms with E-state index in [0.717, 1.165) is 12.1 Å². The molecule has 2 N–H and O–H groups in total. The van der Waals surface area contributed by atoms with Gasteiger partial charge in [-0.25, -0.2) is 4.79 Å². The number of nitrogens with zero attached hydrogens (tertiary/aromatic N) is 1. The van der Waals surface area contributed by atoms with E-state index in [4.69, 9.17) is 27.9 Å². The molecule has 2 aromatic rings. The molecule has 2 aromatic carbocycles. The predicted molar refractivity (Wildman–Crippen MR) is 106 cm³/mol. The molecule has 0 spiro atoms. The van der Waals surface area contributed by atoms with Crippen LogP contribution < -0.4 is 10.6 Å². The summed E-state index contributed by atoms with van der Waals surface area (Å²) in [4.78, 5) is 45.9. The van der Waals surface area contributed by atoms with Crippen LogP contribution in [0.25, 0.3) is 0 Å². The van der Waals surface area contributed by atoms with Gasteiger partial charge in [0.1, 0.15) is 5.56 Å². The van der Waals surface area contributed by atoms with E-state index in [9.17, 15) is 24.5 Å². The first-order valence-electron chi connectivity index (χ1n) is 8.11. The lowest BCUT2D eigenvalue weighted by Crippen LogP contribution is -2.35. The smallest absolute Gasteiger partial charge is 0.345 e. The lowest BCUT2D eigenvalue weighted by atomic mass is 10.2. The highest BCUT2D eigenvalue weighted by atomic mass is 35.5. The zero-order valence-corrected chi connectivity index (χ0v) is 16.5. The molecule has 0 saturated carbocycles. The van der Waals surface area contributed by atoms with E-state index >= 15 is 0 Å². The molecule has 0 bridgehead atoms. The van der Waals surface area contributed by atoms with Crippen molar-refractivity contribution >= 4 is 52.4 Å². The fraction of sp³-hybridized carbons (Fsp3) is 0.167. The van der Waals surface area contributed by atoms with E-state index < -0.39 is 35.0 Å². The van der Waals surface area contributed by atoms with Gasteiger partial charge in [0.2, 0.25) is 5.91 Å². The Morgan fingerprint density at radius 2 is 1.86 bits per heavy atom. The van der Waals surface area contributed by atoms with Crippen LogP contribution in [0.4, 0.5) is 11.4 Å². The molecule has 29 heavy (non-hydrogen) atoms. The molecule has 0 aliphatic rings. The summed E-state index contributed by atoms with van der Waals surface area (Å²) in [6, 6.07) is 8.41. The van der Waals surface area contributed by atoms with Crippen molar-refractivity contribution < 1.29 is 24.0 Å². The molecular weight excluding hydrogens is 425 g/mol. The van der Waals surface area contributed by atoms with Crippen LogP contribution in [0.5, 0.6) is 0 Å². The van der Waals surface area contributed by atoms with Gasteiger partial charge in [0.25, 0.3) is 11.6 Å². The third kappa shape index (κ3) is 6.16. The van der Waals surface area contributed by atoms with E-state index in [-0.39, 0.29) is 17.1 Å². The van der Waals surface area contributed by atoms with Crippen LogP contribution in [0.15, 0.2) is 36.4 Å². The molecule has 0 saturated heterocycles. The largest absolute Gasteiger partial charge is 0.452 e. The molecule has 2 amide bonds. The maximum absolute atomic E-state index is 12.0. The Bertz CT molecular complexity index is 980. The Kier molecular flexibility index (Phi) is 7.52. The number of esters is 1. The molecule has 0 aliphatic carbocycles. The summed E-state index contributed by atoms with van der Waals surface area (Å²) in [6.07, 6.45) is 0. The van der Waals surface area contributed by atoms with Gasteiger partial charge in [0, 0.05) is 21.8 Å². The molecule has 0 heterocycles. The molecule has 2 rings (SSSR count). The maximum Gasteiger partial charge on any atom is 0.345 e. The number of amides is 2. The van der Waals surface area contributed by atoms with Crippen molar-refractivity contribution in [3.8, 4) is 0 Å². The van der Waals surface area contributed by atoms with E-state index in [2.05, 4.69) is 10.6 Å². The zero-order valence-electron chi connectivity index (χ0n) is 15.0. The van der Waals surface area contributed by atoms with Gasteiger partial charge in [-0.2, -0.15) is 0 Å². The average molecular weight is 440 g/mol. The van der Waals surface area contributed by atoms with Gasteiger partial charge in [-0.15, -0.1) is 0 Å². The number of nitrogens with one attached hydrogen (secondary N) is 2. The SMILES string of the molecule is Cc1c(Cl)cccc1NC(=O)CNC(=O)COC(=O)c1ccc(Cl)cc1[N+](=O)[O-]. The standard InChI is InChI=1S/C18H15Cl2N3O6/c1-10-13(20)3-2-4-14(10)22-16(24)8-21-17(25)9-29-18(26)12-6-5-11(19)7-15(12)23(27)28/h2-7H,8-9H2,1H3,(H,21,25)(H,22,24). The third-order valence-corrected chi connectivity index (χ3v) is 4.34. The quantitative estimate of drug-likeness (QED) is 0.387. The minimum Gasteiger partial charge on any atom is -0.452 e. The molecule has 152 valence electrons. The lowest BCUT2D eigenvalue weighted by Gasteiger charge is -2.10. The van der Waals surface area contributed by atoms with Crippen molar-refractivity contribution in [1.82, 2.24) is 5.32 Å². The summed E-state index contributed by atoms with van der Waals surface area (Å²) in [5, 5.41) is 16.4. The Hall–Kier alpha value is -3.17. The molecule has 0 radical (unpaired) electrons. The first kappa shape index (κ1) is 22.1. The van der Waals surface area contributed by atoms with E-state index in [0.29, 0.717) is 16.3 Å². The van der Waals surface area contributed by atoms with E-state index in [1.54, 1.807) is 25.1 Å². The summed E-state index contributed by atoms with van der Waals surface area (Å²) in [5.41, 5.74) is 0.283. The molecule has 11 heteroatoms. The van der Waals surface area contributed by atoms with Gasteiger partial charge in [-0.05, 0) is 36.8 Å². The first-order chi connectivity index (χ1) is 13.7. The fourth-order valence-corrected chi connectivity index (χ4v) is 2.55. The zero-order chi connectivity index (χ0) is 21.6. The highest BCUT2D eigenvalue weighted by Crippen LogP contribution is 2.24. The van der Waals surface area contributed by atoms with Crippen LogP contribution in [0.3, 0.4) is 0 Å². The third-order valence-electron chi connectivity index (χ3n) is 3.70. The number of rotatable bonds is 7. The molecule has 0 fully saturated rings. The second kappa shape index (κ2) is 9.85. The van der Waals surface area contributed by atoms with Crippen molar-refractivity contribution in [2.24, 2.45) is 0 Å². The van der Waals surface area contributed by atoms with Crippen molar-refractivity contribution in [3.05, 3.63) is 67.7 Å². The molecule has 0 aliphatic heterocycles. The highest BCUT2D eigenvalue weighted by Gasteiger charge is 2.22. The Morgan fingerprint density at radius 1 is 1.14 bits per heavy atom. The van der Waals surface area contributed by atoms with Crippen molar-refractivity contribution in [1.29, 1.82) is 0 Å². The highest BCUT2D eigenvalue weighted by molar-refractivity contribution is 6.32. The van der Waals surface area contributed by atoms with Gasteiger partial charge in [0.15, 0.2) is 6.61 Å². The summed E-state index contributed by atoms with van der Waals surface area (Å²) >= 11 is 11.6. The molecule has 0 atom stereocenters. The monoisotopic (exact) mass is 439 g/mol. The molecule has 0 unspecified atom stereocenters. The summed E-state index contributed by atoms with van der Waals surface area (Å²) in [5.74, 6) is -2.33. The normalized spacial score (nSPS) is 10.2. The van der Waals surface area contributed by atoms with Gasteiger partial charge < -0.3 is 15.4 Å². The predicted octanol–water partition coefficient (Wildman–Crippen LogP) is 3.12. The number of anilines is 1. The van der Waals surface area contributed by atoms with Crippen LogP contribution in [-0.4, -0.2) is 35.9 Å². The number of nitro groups is 1. The minimum atomic E-state index is -1.07. The van der Waals surface area contributed by atoms with Crippen LogP contribution in [0.1, 0.15) is 15.9 Å². The fourth-order valence-electron chi connectivity index (χ4n) is 2.20. The van der Waals surface area contributed by atoms with Gasteiger partial charge in [-0.3, -0.25) is 19.7 Å². The molecular formula is C18H15Cl2N3O6. The minimum absolute atomic E-state index is 0.0759. The summed E-state index contributed by atoms with van der Waals surface area (Å²) in [7, 11) is 0. The van der Waals surface area contributed by atoms with Gasteiger partial charge in [0.05, 0.1) is 11.5 Å². The van der Waals surface area contributed by atoms with Crippen molar-refractivity contribution in [2.45, 2.75) is 6.92 Å². The van der Waals surface area contributed by atoms with Crippen molar-refractivity contribution in [3.63, 3.8) is 0 Å². The number of nitro benzene ring substituents is 1. The number of hydrogen-bond acceptors (Lipinski definition) is 6. The van der Waals surface area contributed by atoms with Crippen molar-refractivity contribution in [2.75, 3.05) is 18.5 Å². The summed E-state index contributed by atoms with van der Waals surface area (Å²) < 4.78 is 4.76. The van der Waals surface area contributed by atoms with Crippen LogP contribution in [-0.2, 0) is 14.3 Å². The number of carbonyl (C=O) groups excluding carboxylic acids is 3. The van der Waals surface area contributed by atoms with Crippen LogP contribution in [0, 0.1) is 17.0 Å². The lowest BCUT2D eigenvalue weighted by molar-refractivity contribution is -0.385. The maximum atomic E-state index is 12.0. The van der Waals surface area contributed by atoms with E-state index in [1.807, 2.05) is 0 Å². The second-order valence-electron chi connectivity index (χ2n) is 5.73. The Balaban J connectivity index is 1.85. The number of ether oxygens (including phenoxy) is 1. The number of carbonyl (C=O) groups is 3.